The number of hydrogen-bond acceptors (Lipinski definition) is 6. The van der Waals surface area contributed by atoms with Gasteiger partial charge in [0.25, 0.3) is 0 Å². The van der Waals surface area contributed by atoms with E-state index in [2.05, 4.69) is 18.0 Å². The molecule has 7 nitrogen and oxygen atoms in total. The molecule has 0 spiro atoms. The van der Waals surface area contributed by atoms with Gasteiger partial charge in [0.1, 0.15) is 5.75 Å². The van der Waals surface area contributed by atoms with Gasteiger partial charge in [-0.25, -0.2) is 4.79 Å². The maximum atomic E-state index is 13.4. The molecule has 288 valence electrons. The average molecular weight is 755 g/mol. The Labute approximate surface area is 305 Å². The lowest BCUT2D eigenvalue weighted by atomic mass is 9.52. The number of aromatic nitrogens is 1. The summed E-state index contributed by atoms with van der Waals surface area (Å²) in [5, 5.41) is 9.45. The summed E-state index contributed by atoms with van der Waals surface area (Å²) in [6, 6.07) is 10.1. The summed E-state index contributed by atoms with van der Waals surface area (Å²) in [6.07, 6.45) is 3.52. The van der Waals surface area contributed by atoms with Crippen molar-refractivity contribution in [2.24, 2.45) is 23.2 Å². The van der Waals surface area contributed by atoms with Gasteiger partial charge in [-0.3, -0.25) is 9.19 Å². The Morgan fingerprint density at radius 2 is 1.75 bits per heavy atom. The zero-order valence-electron chi connectivity index (χ0n) is 29.8. The molecule has 1 amide bonds. The van der Waals surface area contributed by atoms with Gasteiger partial charge in [0.05, 0.1) is 19.3 Å². The number of alkyl halides is 5. The number of nitrogens with zero attached hydrogens (tertiary/aromatic N) is 2. The number of pyridine rings is 1. The highest BCUT2D eigenvalue weighted by Gasteiger charge is 2.58. The van der Waals surface area contributed by atoms with Crippen LogP contribution < -0.4 is 4.74 Å². The van der Waals surface area contributed by atoms with E-state index in [1.165, 1.54) is 11.1 Å². The van der Waals surface area contributed by atoms with E-state index in [-0.39, 0.29) is 47.6 Å². The summed E-state index contributed by atoms with van der Waals surface area (Å²) in [6.45, 7) is 3.80. The minimum absolute atomic E-state index is 0.0267. The van der Waals surface area contributed by atoms with Gasteiger partial charge >= 0.3 is 18.2 Å². The van der Waals surface area contributed by atoms with E-state index in [0.29, 0.717) is 49.6 Å². The van der Waals surface area contributed by atoms with Crippen LogP contribution in [-0.2, 0) is 22.0 Å². The average Bonchev–Trinajstić information content (AvgIpc) is 3.46. The third-order valence-electron chi connectivity index (χ3n) is 12.6. The number of amides is 1. The van der Waals surface area contributed by atoms with Crippen molar-refractivity contribution in [3.8, 4) is 5.75 Å². The Kier molecular flexibility index (Phi) is 12.3. The number of carbonyl (C=O) groups excluding carboxylic acids is 1. The number of aliphatic hydroxyl groups is 1. The summed E-state index contributed by atoms with van der Waals surface area (Å²) < 4.78 is 89.3. The van der Waals surface area contributed by atoms with Crippen LogP contribution in [0.3, 0.4) is 0 Å². The molecular formula is C39H51F5N2O5S. The van der Waals surface area contributed by atoms with Crippen LogP contribution in [0.2, 0.25) is 0 Å². The first-order valence-electron chi connectivity index (χ1n) is 18.8. The quantitative estimate of drug-likeness (QED) is 0.207. The molecule has 6 rings (SSSR count). The minimum atomic E-state index is -5.60. The third-order valence-corrected chi connectivity index (χ3v) is 14.0. The maximum Gasteiger partial charge on any atom is 0.453 e. The smallest absolute Gasteiger partial charge is 0.410 e. The Morgan fingerprint density at radius 1 is 1.02 bits per heavy atom. The number of aliphatic hydroxyl groups excluding tert-OH is 1. The van der Waals surface area contributed by atoms with E-state index in [9.17, 15) is 36.1 Å². The van der Waals surface area contributed by atoms with Gasteiger partial charge < -0.3 is 19.5 Å². The van der Waals surface area contributed by atoms with Crippen LogP contribution in [0.5, 0.6) is 5.75 Å². The topological polar surface area (TPSA) is 89.0 Å². The van der Waals surface area contributed by atoms with Crippen molar-refractivity contribution in [2.45, 2.75) is 108 Å². The molecule has 3 aliphatic carbocycles. The van der Waals surface area contributed by atoms with Crippen LogP contribution in [0.1, 0.15) is 99.7 Å². The highest BCUT2D eigenvalue weighted by Crippen LogP contribution is 2.63. The fourth-order valence-corrected chi connectivity index (χ4v) is 11.1. The zero-order valence-corrected chi connectivity index (χ0v) is 30.6. The van der Waals surface area contributed by atoms with Crippen LogP contribution in [0.4, 0.5) is 26.7 Å². The van der Waals surface area contributed by atoms with E-state index in [4.69, 9.17) is 9.47 Å². The fourth-order valence-electron chi connectivity index (χ4n) is 9.93. The molecule has 1 saturated heterocycles. The van der Waals surface area contributed by atoms with Gasteiger partial charge in [-0.15, -0.1) is 0 Å². The van der Waals surface area contributed by atoms with Gasteiger partial charge in [-0.2, -0.15) is 22.0 Å². The predicted octanol–water partition coefficient (Wildman–Crippen LogP) is 8.43. The van der Waals surface area contributed by atoms with E-state index < -0.39 is 35.7 Å². The molecule has 1 unspecified atom stereocenters. The number of likely N-dealkylation sites (tertiary alicyclic amines) is 1. The molecule has 0 bridgehead atoms. The van der Waals surface area contributed by atoms with E-state index in [0.717, 1.165) is 56.9 Å². The maximum absolute atomic E-state index is 13.4. The second-order valence-corrected chi connectivity index (χ2v) is 17.2. The van der Waals surface area contributed by atoms with E-state index in [1.807, 2.05) is 24.3 Å². The monoisotopic (exact) mass is 754 g/mol. The number of fused-ring (bicyclic) bond motifs is 5. The second kappa shape index (κ2) is 16.4. The summed E-state index contributed by atoms with van der Waals surface area (Å²) in [5.74, 6) is -2.60. The summed E-state index contributed by atoms with van der Waals surface area (Å²) in [4.78, 5) is 19.1. The SMILES string of the molecule is C[C@]12CC[C@@H]3c4ccc(OC(=O)N5CCC(c6ccncc6)CC5)cc4C[C@@H](CCCS(=O)CCCC(F)(F)C(F)(F)F)[C@H]3[C@@H]1CC[C@@H]2OCCO. The molecule has 1 aliphatic heterocycles. The van der Waals surface area contributed by atoms with Gasteiger partial charge in [-0.05, 0) is 140 Å². The second-order valence-electron chi connectivity index (χ2n) is 15.5. The van der Waals surface area contributed by atoms with Crippen LogP contribution in [-0.4, -0.2) is 81.3 Å². The first kappa shape index (κ1) is 39.1. The first-order chi connectivity index (χ1) is 24.8. The van der Waals surface area contributed by atoms with Crippen molar-refractivity contribution in [3.05, 3.63) is 59.4 Å². The predicted molar refractivity (Wildman–Crippen MR) is 188 cm³/mol. The van der Waals surface area contributed by atoms with Crippen LogP contribution in [0.25, 0.3) is 0 Å². The minimum Gasteiger partial charge on any atom is -0.410 e. The Bertz CT molecular complexity index is 1540. The highest BCUT2D eigenvalue weighted by molar-refractivity contribution is 7.84. The molecule has 0 radical (unpaired) electrons. The summed E-state index contributed by atoms with van der Waals surface area (Å²) >= 11 is 0. The van der Waals surface area contributed by atoms with Gasteiger partial charge in [0.2, 0.25) is 0 Å². The third kappa shape index (κ3) is 8.51. The number of ether oxygens (including phenoxy) is 2. The van der Waals surface area contributed by atoms with Crippen molar-refractivity contribution < 1.29 is 45.5 Å². The van der Waals surface area contributed by atoms with Gasteiger partial charge in [0, 0.05) is 54.2 Å². The lowest BCUT2D eigenvalue weighted by Gasteiger charge is -2.53. The molecule has 2 saturated carbocycles. The molecule has 1 aromatic carbocycles. The molecule has 7 atom stereocenters. The van der Waals surface area contributed by atoms with Crippen molar-refractivity contribution >= 4 is 16.9 Å². The Balaban J connectivity index is 1.12. The molecule has 1 N–H and O–H groups in total. The lowest BCUT2D eigenvalue weighted by Crippen LogP contribution is -2.48. The van der Waals surface area contributed by atoms with Crippen molar-refractivity contribution in [3.63, 3.8) is 0 Å². The molecule has 4 aliphatic rings. The number of benzene rings is 1. The van der Waals surface area contributed by atoms with Gasteiger partial charge in [0.15, 0.2) is 0 Å². The lowest BCUT2D eigenvalue weighted by molar-refractivity contribution is -0.284. The summed E-state index contributed by atoms with van der Waals surface area (Å²) in [7, 11) is -1.50. The standard InChI is InChI=1S/C39H51F5N2O5S/c1-37-15-9-32-31-6-5-30(51-36(48)46-18-12-27(13-19-46)26-10-16-45-17-11-26)25-29(31)24-28(35(32)33(37)7-8-34(37)50-21-20-47)4-2-22-52(49)23-3-14-38(40,41)39(42,43)44/h5-6,10-11,16-17,25,27-28,32-35,47H,2-4,7-9,12-15,18-24H2,1H3/t28-,32-,33+,34+,35-,37+,52?/m1/s1. The normalized spacial score (nSPS) is 28.5. The van der Waals surface area contributed by atoms with Crippen LogP contribution in [0.15, 0.2) is 42.7 Å². The fraction of sp³-hybridized carbons (Fsp3) is 0.692. The molecule has 2 heterocycles. The number of hydrogen-bond donors (Lipinski definition) is 1. The van der Waals surface area contributed by atoms with E-state index in [1.54, 1.807) is 17.3 Å². The molecule has 52 heavy (non-hydrogen) atoms. The molecular weight excluding hydrogens is 703 g/mol. The van der Waals surface area contributed by atoms with E-state index >= 15 is 0 Å². The number of rotatable bonds is 13. The Hall–Kier alpha value is -2.64. The van der Waals surface area contributed by atoms with Crippen molar-refractivity contribution in [1.29, 1.82) is 0 Å². The van der Waals surface area contributed by atoms with Crippen LogP contribution in [0, 0.1) is 23.2 Å². The molecule has 13 heteroatoms. The van der Waals surface area contributed by atoms with Crippen LogP contribution >= 0.6 is 0 Å². The molecule has 1 aromatic heterocycles. The molecule has 3 fully saturated rings. The van der Waals surface area contributed by atoms with Crippen molar-refractivity contribution in [1.82, 2.24) is 9.88 Å². The summed E-state index contributed by atoms with van der Waals surface area (Å²) in [5.41, 5.74) is 3.60. The first-order valence-corrected chi connectivity index (χ1v) is 20.3. The number of piperidine rings is 1. The zero-order chi connectivity index (χ0) is 37.1. The largest absolute Gasteiger partial charge is 0.453 e. The van der Waals surface area contributed by atoms with Gasteiger partial charge in [-0.1, -0.05) is 13.0 Å². The Morgan fingerprint density at radius 3 is 2.46 bits per heavy atom. The molecule has 2 aromatic rings. The van der Waals surface area contributed by atoms with Crippen molar-refractivity contribution in [2.75, 3.05) is 37.8 Å². The number of halogens is 5. The highest BCUT2D eigenvalue weighted by atomic mass is 32.2. The number of carbonyl (C=O) groups is 1.